The van der Waals surface area contributed by atoms with Gasteiger partial charge in [0.1, 0.15) is 6.61 Å². The van der Waals surface area contributed by atoms with Crippen molar-refractivity contribution in [3.63, 3.8) is 0 Å². The maximum Gasteiger partial charge on any atom is 0.339 e. The summed E-state index contributed by atoms with van der Waals surface area (Å²) >= 11 is 0. The second-order valence-corrected chi connectivity index (χ2v) is 13.9. The summed E-state index contributed by atoms with van der Waals surface area (Å²) in [5, 5.41) is 6.01. The first-order chi connectivity index (χ1) is 27.4. The topological polar surface area (TPSA) is 192 Å². The Morgan fingerprint density at radius 3 is 2.00 bits per heavy atom. The molecule has 2 atom stereocenters. The molecule has 57 heavy (non-hydrogen) atoms. The summed E-state index contributed by atoms with van der Waals surface area (Å²) in [7, 11) is 0. The Bertz CT molecular complexity index is 1860. The zero-order valence-corrected chi connectivity index (χ0v) is 32.3. The van der Waals surface area contributed by atoms with Gasteiger partial charge in [0.15, 0.2) is 12.4 Å². The Kier molecular flexibility index (Phi) is 17.1. The van der Waals surface area contributed by atoms with Crippen molar-refractivity contribution in [1.29, 1.82) is 0 Å². The van der Waals surface area contributed by atoms with Gasteiger partial charge < -0.3 is 24.9 Å². The van der Waals surface area contributed by atoms with Crippen molar-refractivity contribution in [1.82, 2.24) is 15.7 Å². The van der Waals surface area contributed by atoms with Crippen LogP contribution < -0.4 is 10.6 Å². The lowest BCUT2D eigenvalue weighted by Gasteiger charge is -2.22. The third kappa shape index (κ3) is 14.4. The van der Waals surface area contributed by atoms with Gasteiger partial charge in [-0.25, -0.2) is 9.59 Å². The number of ether oxygens (including phenoxy) is 2. The van der Waals surface area contributed by atoms with E-state index >= 15 is 0 Å². The van der Waals surface area contributed by atoms with Crippen molar-refractivity contribution in [3.8, 4) is 0 Å². The minimum Gasteiger partial charge on any atom is -0.461 e. The molecule has 1 aliphatic rings. The summed E-state index contributed by atoms with van der Waals surface area (Å²) in [6.45, 7) is 3.21. The lowest BCUT2D eigenvalue weighted by atomic mass is 9.94. The molecular formula is C43H49N3O11. The Morgan fingerprint density at radius 1 is 0.719 bits per heavy atom. The molecule has 0 unspecified atom stereocenters. The van der Waals surface area contributed by atoms with Crippen molar-refractivity contribution < 1.29 is 52.7 Å². The van der Waals surface area contributed by atoms with Crippen LogP contribution >= 0.6 is 0 Å². The van der Waals surface area contributed by atoms with Crippen LogP contribution in [0.3, 0.4) is 0 Å². The molecule has 2 N–H and O–H groups in total. The van der Waals surface area contributed by atoms with E-state index in [1.165, 1.54) is 0 Å². The smallest absolute Gasteiger partial charge is 0.339 e. The summed E-state index contributed by atoms with van der Waals surface area (Å²) in [5.74, 6) is -5.50. The number of benzene rings is 3. The van der Waals surface area contributed by atoms with Gasteiger partial charge >= 0.3 is 17.9 Å². The zero-order valence-electron chi connectivity index (χ0n) is 32.3. The predicted octanol–water partition coefficient (Wildman–Crippen LogP) is 4.57. The number of amides is 4. The van der Waals surface area contributed by atoms with Gasteiger partial charge in [0, 0.05) is 32.2 Å². The Balaban J connectivity index is 1.34. The number of hydroxylamine groups is 2. The fourth-order valence-electron chi connectivity index (χ4n) is 6.19. The van der Waals surface area contributed by atoms with Gasteiger partial charge in [-0.15, -0.1) is 5.06 Å². The van der Waals surface area contributed by atoms with Crippen LogP contribution in [0.1, 0.15) is 90.4 Å². The molecule has 4 amide bonds. The molecule has 14 nitrogen and oxygen atoms in total. The number of Topliss-reactive ketones (excluding diaryl/α,β-unsaturated/α-hetero) is 1. The average Bonchev–Trinajstić information content (AvgIpc) is 3.51. The Hall–Kier alpha value is -6.18. The highest BCUT2D eigenvalue weighted by molar-refractivity contribution is 6.01. The van der Waals surface area contributed by atoms with Crippen LogP contribution in [-0.4, -0.2) is 71.6 Å². The summed E-state index contributed by atoms with van der Waals surface area (Å²) in [6, 6.07) is 22.6. The normalized spacial score (nSPS) is 13.3. The molecule has 4 rings (SSSR count). The van der Waals surface area contributed by atoms with Crippen LogP contribution in [0.2, 0.25) is 0 Å². The van der Waals surface area contributed by atoms with Crippen molar-refractivity contribution in [3.05, 3.63) is 107 Å². The van der Waals surface area contributed by atoms with Crippen molar-refractivity contribution in [2.24, 2.45) is 5.92 Å². The molecule has 0 saturated carbocycles. The monoisotopic (exact) mass is 783 g/mol. The second-order valence-electron chi connectivity index (χ2n) is 13.9. The first kappa shape index (κ1) is 43.5. The lowest BCUT2D eigenvalue weighted by molar-refractivity contribution is -0.197. The molecule has 0 aromatic heterocycles. The molecule has 1 heterocycles. The number of aryl methyl sites for hydroxylation is 2. The van der Waals surface area contributed by atoms with Crippen LogP contribution in [0.25, 0.3) is 0 Å². The van der Waals surface area contributed by atoms with Gasteiger partial charge in [0.05, 0.1) is 23.9 Å². The van der Waals surface area contributed by atoms with Crippen molar-refractivity contribution >= 4 is 47.3 Å². The number of unbranched alkanes of at least 4 members (excludes halogenated alkanes) is 1. The summed E-state index contributed by atoms with van der Waals surface area (Å²) in [6.07, 6.45) is 0.848. The van der Waals surface area contributed by atoms with Gasteiger partial charge in [0.2, 0.25) is 11.8 Å². The molecule has 0 radical (unpaired) electrons. The second kappa shape index (κ2) is 22.4. The van der Waals surface area contributed by atoms with E-state index in [1.54, 1.807) is 26.0 Å². The maximum absolute atomic E-state index is 13.9. The minimum absolute atomic E-state index is 0.00349. The predicted molar refractivity (Wildman–Crippen MR) is 206 cm³/mol. The minimum atomic E-state index is -1.07. The number of esters is 2. The largest absolute Gasteiger partial charge is 0.461 e. The van der Waals surface area contributed by atoms with Gasteiger partial charge in [0.25, 0.3) is 11.8 Å². The zero-order chi connectivity index (χ0) is 41.2. The highest BCUT2D eigenvalue weighted by Gasteiger charge is 2.33. The molecule has 1 saturated heterocycles. The SMILES string of the molecule is Cc1cccc(C)c1C(=O)OCC(=O)[C@@H](CCCCNC(=O)CCCC(=O)ON1C(=O)CCC1=O)NC(=O)[C@H](CC(=O)OCc1ccccc1)Cc1ccccc1. The molecule has 1 aliphatic heterocycles. The number of hydrogen-bond acceptors (Lipinski definition) is 11. The molecule has 0 aliphatic carbocycles. The number of rotatable bonds is 22. The molecular weight excluding hydrogens is 734 g/mol. The fraction of sp³-hybridized carbons (Fsp3) is 0.395. The number of imide groups is 1. The maximum atomic E-state index is 13.9. The first-order valence-electron chi connectivity index (χ1n) is 19.0. The third-order valence-corrected chi connectivity index (χ3v) is 9.31. The van der Waals surface area contributed by atoms with Gasteiger partial charge in [-0.3, -0.25) is 28.8 Å². The number of ketones is 1. The Labute approximate surface area is 331 Å². The van der Waals surface area contributed by atoms with E-state index in [-0.39, 0.29) is 70.4 Å². The third-order valence-electron chi connectivity index (χ3n) is 9.31. The Morgan fingerprint density at radius 2 is 1.35 bits per heavy atom. The summed E-state index contributed by atoms with van der Waals surface area (Å²) < 4.78 is 10.9. The summed E-state index contributed by atoms with van der Waals surface area (Å²) in [5.41, 5.74) is 3.34. The number of hydrogen-bond donors (Lipinski definition) is 2. The van der Waals surface area contributed by atoms with Crippen molar-refractivity contribution in [2.75, 3.05) is 13.2 Å². The van der Waals surface area contributed by atoms with E-state index in [0.29, 0.717) is 34.6 Å². The highest BCUT2D eigenvalue weighted by atomic mass is 16.7. The van der Waals surface area contributed by atoms with Crippen LogP contribution in [0.5, 0.6) is 0 Å². The van der Waals surface area contributed by atoms with Crippen LogP contribution in [0.15, 0.2) is 78.9 Å². The van der Waals surface area contributed by atoms with Crippen molar-refractivity contribution in [2.45, 2.75) is 90.7 Å². The van der Waals surface area contributed by atoms with E-state index in [1.807, 2.05) is 66.7 Å². The fourth-order valence-corrected chi connectivity index (χ4v) is 6.19. The van der Waals surface area contributed by atoms with Gasteiger partial charge in [-0.1, -0.05) is 78.9 Å². The quantitative estimate of drug-likeness (QED) is 0.0825. The first-order valence-corrected chi connectivity index (χ1v) is 19.0. The molecule has 302 valence electrons. The highest BCUT2D eigenvalue weighted by Crippen LogP contribution is 2.18. The van der Waals surface area contributed by atoms with E-state index in [2.05, 4.69) is 10.6 Å². The molecule has 1 fully saturated rings. The lowest BCUT2D eigenvalue weighted by Crippen LogP contribution is -2.46. The van der Waals surface area contributed by atoms with E-state index < -0.39 is 60.0 Å². The molecule has 3 aromatic rings. The van der Waals surface area contributed by atoms with Crippen LogP contribution in [0, 0.1) is 19.8 Å². The number of carbonyl (C=O) groups is 8. The van der Waals surface area contributed by atoms with Crippen LogP contribution in [-0.2, 0) is 60.9 Å². The van der Waals surface area contributed by atoms with Gasteiger partial charge in [-0.05, 0) is 68.2 Å². The number of nitrogens with zero attached hydrogens (tertiary/aromatic N) is 1. The van der Waals surface area contributed by atoms with Crippen LogP contribution in [0.4, 0.5) is 0 Å². The summed E-state index contributed by atoms with van der Waals surface area (Å²) in [4.78, 5) is 106. The molecule has 14 heteroatoms. The van der Waals surface area contributed by atoms with E-state index in [4.69, 9.17) is 14.3 Å². The number of nitrogens with one attached hydrogen (secondary N) is 2. The molecule has 0 spiro atoms. The van der Waals surface area contributed by atoms with E-state index in [0.717, 1.165) is 11.1 Å². The molecule has 0 bridgehead atoms. The average molecular weight is 784 g/mol. The molecule has 3 aromatic carbocycles. The van der Waals surface area contributed by atoms with E-state index in [9.17, 15) is 38.4 Å². The van der Waals surface area contributed by atoms with Gasteiger partial charge in [-0.2, -0.15) is 0 Å². The number of carbonyl (C=O) groups excluding carboxylic acids is 8. The standard InChI is InChI=1S/C43H49N3O11/c1-29-13-11-14-30(2)41(29)43(54)56-28-35(47)34(19-9-10-24-44-36(48)20-12-21-39(51)57-46-37(49)22-23-38(46)50)45-42(53)33(25-31-15-5-3-6-16-31)26-40(52)55-27-32-17-7-4-8-18-32/h3-8,11,13-18,33-34H,9-10,12,19-28H2,1-2H3,(H,44,48)(H,45,53)/t33-,34+/m0/s1.